The van der Waals surface area contributed by atoms with Gasteiger partial charge in [-0.3, -0.25) is 4.98 Å². The Labute approximate surface area is 144 Å². The molecule has 1 heterocycles. The van der Waals surface area contributed by atoms with Gasteiger partial charge in [0.05, 0.1) is 12.0 Å². The molecule has 0 spiro atoms. The Morgan fingerprint density at radius 1 is 1.00 bits per heavy atom. The second kappa shape index (κ2) is 7.38. The number of pyridine rings is 1. The number of methoxy groups -OCH3 is 1. The molecule has 0 bridgehead atoms. The van der Waals surface area contributed by atoms with Crippen LogP contribution in [0.15, 0.2) is 76.7 Å². The first-order valence-corrected chi connectivity index (χ1v) is 8.23. The number of hydrogen-bond acceptors (Lipinski definition) is 5. The first kappa shape index (κ1) is 16.4. The minimum atomic E-state index is -1.01. The molecule has 1 unspecified atom stereocenters. The molecule has 24 heavy (non-hydrogen) atoms. The van der Waals surface area contributed by atoms with E-state index in [1.54, 1.807) is 43.6 Å². The molecule has 122 valence electrons. The molecule has 0 fully saturated rings. The van der Waals surface area contributed by atoms with Crippen LogP contribution >= 0.6 is 11.8 Å². The molecule has 4 nitrogen and oxygen atoms in total. The van der Waals surface area contributed by atoms with Crippen molar-refractivity contribution < 1.29 is 14.9 Å². The van der Waals surface area contributed by atoms with Crippen molar-refractivity contribution in [3.8, 4) is 11.5 Å². The SMILES string of the molecule is COc1ccc(C(O)c2nccc(Sc3ccccc3)c2O)cc1. The number of ether oxygens (including phenoxy) is 1. The summed E-state index contributed by atoms with van der Waals surface area (Å²) in [5.74, 6) is 0.700. The van der Waals surface area contributed by atoms with Gasteiger partial charge in [0.15, 0.2) is 5.75 Å². The van der Waals surface area contributed by atoms with E-state index >= 15 is 0 Å². The van der Waals surface area contributed by atoms with Crippen molar-refractivity contribution in [1.82, 2.24) is 4.98 Å². The highest BCUT2D eigenvalue weighted by Gasteiger charge is 2.19. The highest BCUT2D eigenvalue weighted by molar-refractivity contribution is 7.99. The van der Waals surface area contributed by atoms with E-state index in [4.69, 9.17) is 4.74 Å². The van der Waals surface area contributed by atoms with Gasteiger partial charge in [-0.15, -0.1) is 0 Å². The van der Waals surface area contributed by atoms with Crippen LogP contribution < -0.4 is 4.74 Å². The highest BCUT2D eigenvalue weighted by atomic mass is 32.2. The van der Waals surface area contributed by atoms with E-state index in [1.165, 1.54) is 11.8 Å². The Hall–Kier alpha value is -2.50. The number of nitrogens with zero attached hydrogens (tertiary/aromatic N) is 1. The van der Waals surface area contributed by atoms with Crippen LogP contribution in [0.2, 0.25) is 0 Å². The van der Waals surface area contributed by atoms with Gasteiger partial charge in [-0.25, -0.2) is 0 Å². The quantitative estimate of drug-likeness (QED) is 0.735. The Balaban J connectivity index is 1.89. The molecule has 1 atom stereocenters. The van der Waals surface area contributed by atoms with Crippen molar-refractivity contribution in [3.05, 3.63) is 78.1 Å². The zero-order valence-electron chi connectivity index (χ0n) is 13.1. The van der Waals surface area contributed by atoms with Crippen LogP contribution in [0.25, 0.3) is 0 Å². The van der Waals surface area contributed by atoms with Crippen molar-refractivity contribution in [2.45, 2.75) is 15.9 Å². The molecule has 0 aliphatic heterocycles. The van der Waals surface area contributed by atoms with E-state index < -0.39 is 6.10 Å². The smallest absolute Gasteiger partial charge is 0.154 e. The maximum Gasteiger partial charge on any atom is 0.154 e. The summed E-state index contributed by atoms with van der Waals surface area (Å²) in [6.07, 6.45) is 0.583. The van der Waals surface area contributed by atoms with Crippen molar-refractivity contribution in [3.63, 3.8) is 0 Å². The van der Waals surface area contributed by atoms with Crippen molar-refractivity contribution in [2.75, 3.05) is 7.11 Å². The number of hydrogen-bond donors (Lipinski definition) is 2. The molecule has 2 N–H and O–H groups in total. The summed E-state index contributed by atoms with van der Waals surface area (Å²) in [6.45, 7) is 0. The second-order valence-corrected chi connectivity index (χ2v) is 6.25. The molecule has 0 radical (unpaired) electrons. The van der Waals surface area contributed by atoms with Gasteiger partial charge in [-0.1, -0.05) is 42.1 Å². The van der Waals surface area contributed by atoms with E-state index in [0.717, 1.165) is 4.90 Å². The lowest BCUT2D eigenvalue weighted by Crippen LogP contribution is -2.03. The molecule has 3 rings (SSSR count). The van der Waals surface area contributed by atoms with Crippen LogP contribution in [-0.2, 0) is 0 Å². The van der Waals surface area contributed by atoms with Gasteiger partial charge in [0, 0.05) is 11.1 Å². The number of aromatic nitrogens is 1. The number of aliphatic hydroxyl groups excluding tert-OH is 1. The van der Waals surface area contributed by atoms with E-state index in [0.29, 0.717) is 16.2 Å². The lowest BCUT2D eigenvalue weighted by molar-refractivity contribution is 0.209. The first-order valence-electron chi connectivity index (χ1n) is 7.42. The van der Waals surface area contributed by atoms with Crippen LogP contribution in [-0.4, -0.2) is 22.3 Å². The maximum absolute atomic E-state index is 10.6. The third-order valence-corrected chi connectivity index (χ3v) is 4.63. The number of aromatic hydroxyl groups is 1. The van der Waals surface area contributed by atoms with E-state index in [-0.39, 0.29) is 11.4 Å². The average molecular weight is 339 g/mol. The Kier molecular flexibility index (Phi) is 5.03. The predicted molar refractivity (Wildman–Crippen MR) is 93.5 cm³/mol. The summed E-state index contributed by atoms with van der Waals surface area (Å²) < 4.78 is 5.11. The molecule has 0 saturated heterocycles. The van der Waals surface area contributed by atoms with E-state index in [2.05, 4.69) is 4.98 Å². The van der Waals surface area contributed by atoms with Crippen LogP contribution in [0.4, 0.5) is 0 Å². The summed E-state index contributed by atoms with van der Waals surface area (Å²) in [4.78, 5) is 5.81. The zero-order valence-corrected chi connectivity index (χ0v) is 13.9. The number of rotatable bonds is 5. The number of benzene rings is 2. The molecule has 5 heteroatoms. The summed E-state index contributed by atoms with van der Waals surface area (Å²) in [6, 6.07) is 18.5. The van der Waals surface area contributed by atoms with Crippen LogP contribution in [0.1, 0.15) is 17.4 Å². The van der Waals surface area contributed by atoms with Crippen LogP contribution in [0, 0.1) is 0 Å². The molecule has 0 saturated carbocycles. The molecule has 0 aliphatic carbocycles. The molecular formula is C19H17NO3S. The molecule has 0 aliphatic rings. The maximum atomic E-state index is 10.6. The lowest BCUT2D eigenvalue weighted by atomic mass is 10.1. The highest BCUT2D eigenvalue weighted by Crippen LogP contribution is 2.38. The van der Waals surface area contributed by atoms with Gasteiger partial charge in [-0.05, 0) is 35.9 Å². The zero-order chi connectivity index (χ0) is 16.9. The van der Waals surface area contributed by atoms with Crippen molar-refractivity contribution >= 4 is 11.8 Å². The normalized spacial score (nSPS) is 11.9. The van der Waals surface area contributed by atoms with E-state index in [9.17, 15) is 10.2 Å². The summed E-state index contributed by atoms with van der Waals surface area (Å²) in [5, 5.41) is 21.1. The Bertz CT molecular complexity index is 807. The van der Waals surface area contributed by atoms with Gasteiger partial charge < -0.3 is 14.9 Å². The fourth-order valence-electron chi connectivity index (χ4n) is 2.29. The fourth-order valence-corrected chi connectivity index (χ4v) is 3.17. The van der Waals surface area contributed by atoms with Gasteiger partial charge in [0.2, 0.25) is 0 Å². The molecule has 1 aromatic heterocycles. The van der Waals surface area contributed by atoms with Gasteiger partial charge in [-0.2, -0.15) is 0 Å². The lowest BCUT2D eigenvalue weighted by Gasteiger charge is -2.14. The Morgan fingerprint density at radius 3 is 2.38 bits per heavy atom. The third-order valence-electron chi connectivity index (χ3n) is 3.58. The van der Waals surface area contributed by atoms with Gasteiger partial charge >= 0.3 is 0 Å². The van der Waals surface area contributed by atoms with Crippen molar-refractivity contribution in [1.29, 1.82) is 0 Å². The minimum absolute atomic E-state index is 0.00493. The van der Waals surface area contributed by atoms with Gasteiger partial charge in [0.25, 0.3) is 0 Å². The fraction of sp³-hybridized carbons (Fsp3) is 0.105. The molecular weight excluding hydrogens is 322 g/mol. The first-order chi connectivity index (χ1) is 11.7. The topological polar surface area (TPSA) is 62.6 Å². The third kappa shape index (κ3) is 3.53. The van der Waals surface area contributed by atoms with Gasteiger partial charge in [0.1, 0.15) is 17.5 Å². The molecule has 0 amide bonds. The number of aliphatic hydroxyl groups is 1. The van der Waals surface area contributed by atoms with Crippen LogP contribution in [0.5, 0.6) is 11.5 Å². The molecule has 2 aromatic carbocycles. The largest absolute Gasteiger partial charge is 0.505 e. The average Bonchev–Trinajstić information content (AvgIpc) is 2.64. The summed E-state index contributed by atoms with van der Waals surface area (Å²) in [7, 11) is 1.59. The minimum Gasteiger partial charge on any atom is -0.505 e. The Morgan fingerprint density at radius 2 is 1.71 bits per heavy atom. The summed E-state index contributed by atoms with van der Waals surface area (Å²) >= 11 is 1.43. The standard InChI is InChI=1S/C19H17NO3S/c1-23-14-9-7-13(8-10-14)18(21)17-19(22)16(11-12-20-17)24-15-5-3-2-4-6-15/h2-12,18,21-22H,1H3. The summed E-state index contributed by atoms with van der Waals surface area (Å²) in [5.41, 5.74) is 0.876. The monoisotopic (exact) mass is 339 g/mol. The second-order valence-electron chi connectivity index (χ2n) is 5.13. The predicted octanol–water partition coefficient (Wildman–Crippen LogP) is 4.03. The van der Waals surface area contributed by atoms with Crippen LogP contribution in [0.3, 0.4) is 0 Å². The van der Waals surface area contributed by atoms with Crippen molar-refractivity contribution in [2.24, 2.45) is 0 Å². The molecule has 3 aromatic rings. The van der Waals surface area contributed by atoms with E-state index in [1.807, 2.05) is 30.3 Å².